The molecule has 2 aromatic carbocycles. The summed E-state index contributed by atoms with van der Waals surface area (Å²) in [5.74, 6) is 1.85. The highest BCUT2D eigenvalue weighted by atomic mass is 32.2. The Bertz CT molecular complexity index is 1070. The number of hydrogen-bond donors (Lipinski definition) is 2. The number of benzene rings is 2. The molecule has 4 rings (SSSR count). The van der Waals surface area contributed by atoms with E-state index in [1.807, 2.05) is 60.9 Å². The van der Waals surface area contributed by atoms with E-state index in [9.17, 15) is 9.59 Å². The van der Waals surface area contributed by atoms with Crippen LogP contribution in [0.2, 0.25) is 0 Å². The Kier molecular flexibility index (Phi) is 6.44. The molecule has 1 aliphatic rings. The number of aromatic nitrogens is 2. The average molecular weight is 439 g/mol. The summed E-state index contributed by atoms with van der Waals surface area (Å²) >= 11 is 3.29. The van der Waals surface area contributed by atoms with Crippen LogP contribution in [0.25, 0.3) is 0 Å². The van der Waals surface area contributed by atoms with Crippen LogP contribution in [0.4, 0.5) is 5.82 Å². The maximum Gasteiger partial charge on any atom is 0.257 e. The van der Waals surface area contributed by atoms with Crippen molar-refractivity contribution in [2.75, 3.05) is 11.6 Å². The van der Waals surface area contributed by atoms with E-state index in [1.165, 1.54) is 11.8 Å². The van der Waals surface area contributed by atoms with E-state index in [2.05, 4.69) is 15.7 Å². The maximum absolute atomic E-state index is 13.0. The van der Waals surface area contributed by atoms with E-state index in [-0.39, 0.29) is 18.4 Å². The minimum absolute atomic E-state index is 0.0598. The second kappa shape index (κ2) is 9.40. The van der Waals surface area contributed by atoms with Gasteiger partial charge in [-0.15, -0.1) is 11.8 Å². The Morgan fingerprint density at radius 2 is 1.87 bits per heavy atom. The molecule has 0 saturated heterocycles. The van der Waals surface area contributed by atoms with Gasteiger partial charge in [0, 0.05) is 28.5 Å². The summed E-state index contributed by atoms with van der Waals surface area (Å²) in [6, 6.07) is 17.3. The molecule has 0 bridgehead atoms. The first-order chi connectivity index (χ1) is 14.7. The lowest BCUT2D eigenvalue weighted by molar-refractivity contribution is -0.122. The SMILES string of the molecule is CSc1ccccc1C(=O)Nc1c2c(nn1CC(=O)NCc1ccccc1)CSC2. The fourth-order valence-corrected chi connectivity index (χ4v) is 4.95. The summed E-state index contributed by atoms with van der Waals surface area (Å²) in [6.07, 6.45) is 1.95. The van der Waals surface area contributed by atoms with Crippen LogP contribution in [-0.2, 0) is 29.4 Å². The van der Waals surface area contributed by atoms with Crippen molar-refractivity contribution in [1.82, 2.24) is 15.1 Å². The average Bonchev–Trinajstić information content (AvgIpc) is 3.35. The molecule has 2 amide bonds. The number of nitrogens with one attached hydrogen (secondary N) is 2. The van der Waals surface area contributed by atoms with Gasteiger partial charge in [0.25, 0.3) is 5.91 Å². The van der Waals surface area contributed by atoms with E-state index in [0.29, 0.717) is 17.9 Å². The molecule has 1 aliphatic heterocycles. The van der Waals surface area contributed by atoms with Crippen molar-refractivity contribution in [3.8, 4) is 0 Å². The Balaban J connectivity index is 1.51. The Labute approximate surface area is 183 Å². The van der Waals surface area contributed by atoms with Gasteiger partial charge in [0.05, 0.1) is 11.3 Å². The number of anilines is 1. The number of nitrogens with zero attached hydrogens (tertiary/aromatic N) is 2. The van der Waals surface area contributed by atoms with E-state index in [1.54, 1.807) is 16.4 Å². The van der Waals surface area contributed by atoms with Crippen molar-refractivity contribution in [2.24, 2.45) is 0 Å². The van der Waals surface area contributed by atoms with Gasteiger partial charge in [-0.3, -0.25) is 9.59 Å². The minimum atomic E-state index is -0.189. The number of rotatable bonds is 7. The van der Waals surface area contributed by atoms with Crippen molar-refractivity contribution < 1.29 is 9.59 Å². The van der Waals surface area contributed by atoms with Crippen molar-refractivity contribution in [3.63, 3.8) is 0 Å². The van der Waals surface area contributed by atoms with Gasteiger partial charge in [-0.2, -0.15) is 16.9 Å². The third kappa shape index (κ3) is 4.55. The van der Waals surface area contributed by atoms with Gasteiger partial charge in [0.1, 0.15) is 12.4 Å². The molecule has 3 aromatic rings. The molecule has 0 saturated carbocycles. The highest BCUT2D eigenvalue weighted by Crippen LogP contribution is 2.35. The summed E-state index contributed by atoms with van der Waals surface area (Å²) in [5, 5.41) is 10.5. The Morgan fingerprint density at radius 3 is 2.67 bits per heavy atom. The van der Waals surface area contributed by atoms with Crippen LogP contribution in [0.3, 0.4) is 0 Å². The van der Waals surface area contributed by atoms with Crippen molar-refractivity contribution >= 4 is 41.2 Å². The van der Waals surface area contributed by atoms with E-state index >= 15 is 0 Å². The predicted octanol–water partition coefficient (Wildman–Crippen LogP) is 3.92. The van der Waals surface area contributed by atoms with Crippen LogP contribution in [-0.4, -0.2) is 27.9 Å². The second-order valence-corrected chi connectivity index (χ2v) is 8.67. The van der Waals surface area contributed by atoms with Crippen LogP contribution >= 0.6 is 23.5 Å². The standard InChI is InChI=1S/C22H22N4O2S2/c1-29-19-10-6-5-9-16(19)22(28)24-21-17-13-30-14-18(17)25-26(21)12-20(27)23-11-15-7-3-2-4-8-15/h2-10H,11-14H2,1H3,(H,23,27)(H,24,28). The quantitative estimate of drug-likeness (QED) is 0.547. The molecule has 0 atom stereocenters. The number of fused-ring (bicyclic) bond motifs is 1. The fourth-order valence-electron chi connectivity index (χ4n) is 3.32. The van der Waals surface area contributed by atoms with Gasteiger partial charge >= 0.3 is 0 Å². The third-order valence-corrected chi connectivity index (χ3v) is 6.59. The first kappa shape index (κ1) is 20.6. The van der Waals surface area contributed by atoms with Gasteiger partial charge in [-0.05, 0) is 24.0 Å². The molecule has 0 fully saturated rings. The molecular formula is C22H22N4O2S2. The zero-order chi connectivity index (χ0) is 20.9. The van der Waals surface area contributed by atoms with Gasteiger partial charge in [-0.1, -0.05) is 42.5 Å². The second-order valence-electron chi connectivity index (χ2n) is 6.84. The van der Waals surface area contributed by atoms with Gasteiger partial charge < -0.3 is 10.6 Å². The maximum atomic E-state index is 13.0. The van der Waals surface area contributed by atoms with Gasteiger partial charge in [0.15, 0.2) is 0 Å². The molecule has 6 nitrogen and oxygen atoms in total. The molecule has 30 heavy (non-hydrogen) atoms. The van der Waals surface area contributed by atoms with Gasteiger partial charge in [0.2, 0.25) is 5.91 Å². The zero-order valence-corrected chi connectivity index (χ0v) is 18.2. The fraction of sp³-hybridized carbons (Fsp3) is 0.227. The number of carbonyl (C=O) groups is 2. The minimum Gasteiger partial charge on any atom is -0.350 e. The normalized spacial score (nSPS) is 12.4. The molecule has 2 N–H and O–H groups in total. The number of thioether (sulfide) groups is 2. The molecule has 1 aromatic heterocycles. The number of hydrogen-bond acceptors (Lipinski definition) is 5. The molecule has 2 heterocycles. The summed E-state index contributed by atoms with van der Waals surface area (Å²) in [4.78, 5) is 26.4. The zero-order valence-electron chi connectivity index (χ0n) is 16.6. The van der Waals surface area contributed by atoms with Crippen LogP contribution in [0.5, 0.6) is 0 Å². The smallest absolute Gasteiger partial charge is 0.257 e. The van der Waals surface area contributed by atoms with Crippen LogP contribution < -0.4 is 10.6 Å². The van der Waals surface area contributed by atoms with Gasteiger partial charge in [-0.25, -0.2) is 4.68 Å². The summed E-state index contributed by atoms with van der Waals surface area (Å²) < 4.78 is 1.62. The molecule has 0 unspecified atom stereocenters. The van der Waals surface area contributed by atoms with Crippen molar-refractivity contribution in [2.45, 2.75) is 29.5 Å². The third-order valence-electron chi connectivity index (χ3n) is 4.83. The molecule has 8 heteroatoms. The largest absolute Gasteiger partial charge is 0.350 e. The van der Waals surface area contributed by atoms with Crippen molar-refractivity contribution in [3.05, 3.63) is 77.0 Å². The predicted molar refractivity (Wildman–Crippen MR) is 122 cm³/mol. The van der Waals surface area contributed by atoms with Crippen LogP contribution in [0.15, 0.2) is 59.5 Å². The highest BCUT2D eigenvalue weighted by Gasteiger charge is 2.25. The monoisotopic (exact) mass is 438 g/mol. The summed E-state index contributed by atoms with van der Waals surface area (Å²) in [7, 11) is 0. The molecule has 0 aliphatic carbocycles. The lowest BCUT2D eigenvalue weighted by Crippen LogP contribution is -2.29. The summed E-state index contributed by atoms with van der Waals surface area (Å²) in [6.45, 7) is 0.517. The number of amides is 2. The molecule has 0 radical (unpaired) electrons. The van der Waals surface area contributed by atoms with E-state index in [4.69, 9.17) is 0 Å². The molecule has 0 spiro atoms. The Hall–Kier alpha value is -2.71. The summed E-state index contributed by atoms with van der Waals surface area (Å²) in [5.41, 5.74) is 3.59. The lowest BCUT2D eigenvalue weighted by atomic mass is 10.2. The highest BCUT2D eigenvalue weighted by molar-refractivity contribution is 7.98. The van der Waals surface area contributed by atoms with Crippen LogP contribution in [0.1, 0.15) is 27.2 Å². The Morgan fingerprint density at radius 1 is 1.10 bits per heavy atom. The first-order valence-corrected chi connectivity index (χ1v) is 11.9. The number of carbonyl (C=O) groups excluding carboxylic acids is 2. The van der Waals surface area contributed by atoms with E-state index in [0.717, 1.165) is 33.2 Å². The lowest BCUT2D eigenvalue weighted by Gasteiger charge is -2.13. The first-order valence-electron chi connectivity index (χ1n) is 9.57. The van der Waals surface area contributed by atoms with Crippen LogP contribution in [0, 0.1) is 0 Å². The van der Waals surface area contributed by atoms with E-state index < -0.39 is 0 Å². The van der Waals surface area contributed by atoms with Crippen molar-refractivity contribution in [1.29, 1.82) is 0 Å². The molecular weight excluding hydrogens is 416 g/mol. The molecule has 154 valence electrons. The topological polar surface area (TPSA) is 76.0 Å².